The van der Waals surface area contributed by atoms with Gasteiger partial charge >= 0.3 is 0 Å². The van der Waals surface area contributed by atoms with Gasteiger partial charge in [0.15, 0.2) is 0 Å². The van der Waals surface area contributed by atoms with Gasteiger partial charge in [0.1, 0.15) is 11.5 Å². The van der Waals surface area contributed by atoms with Crippen LogP contribution in [-0.2, 0) is 16.6 Å². The van der Waals surface area contributed by atoms with Crippen LogP contribution in [0.1, 0.15) is 29.8 Å². The molecule has 0 aliphatic heterocycles. The molecular formula is C25H27ClN2O5S. The molecule has 1 amide bonds. The number of ether oxygens (including phenoxy) is 2. The highest BCUT2D eigenvalue weighted by Gasteiger charge is 2.23. The van der Waals surface area contributed by atoms with Crippen LogP contribution >= 0.6 is 11.6 Å². The van der Waals surface area contributed by atoms with Crippen molar-refractivity contribution in [3.63, 3.8) is 0 Å². The Balaban J connectivity index is 1.82. The Labute approximate surface area is 205 Å². The van der Waals surface area contributed by atoms with E-state index in [0.29, 0.717) is 46.5 Å². The summed E-state index contributed by atoms with van der Waals surface area (Å²) >= 11 is 5.88. The van der Waals surface area contributed by atoms with Crippen molar-refractivity contribution in [2.24, 2.45) is 0 Å². The monoisotopic (exact) mass is 502 g/mol. The van der Waals surface area contributed by atoms with Gasteiger partial charge in [0.2, 0.25) is 10.0 Å². The minimum Gasteiger partial charge on any atom is -0.494 e. The highest BCUT2D eigenvalue weighted by Crippen LogP contribution is 2.26. The fraction of sp³-hybridized carbons (Fsp3) is 0.240. The van der Waals surface area contributed by atoms with Crippen LogP contribution in [0.15, 0.2) is 71.6 Å². The summed E-state index contributed by atoms with van der Waals surface area (Å²) in [5.74, 6) is 0.906. The fourth-order valence-corrected chi connectivity index (χ4v) is 4.53. The molecule has 9 heteroatoms. The second kappa shape index (κ2) is 11.4. The summed E-state index contributed by atoms with van der Waals surface area (Å²) in [7, 11) is -2.29. The number of anilines is 1. The normalized spacial score (nSPS) is 11.3. The minimum atomic E-state index is -3.77. The van der Waals surface area contributed by atoms with Crippen LogP contribution in [0.25, 0.3) is 0 Å². The zero-order valence-electron chi connectivity index (χ0n) is 19.2. The van der Waals surface area contributed by atoms with Crippen LogP contribution in [0.5, 0.6) is 11.5 Å². The molecule has 0 saturated carbocycles. The summed E-state index contributed by atoms with van der Waals surface area (Å²) in [5.41, 5.74) is 1.57. The Kier molecular flexibility index (Phi) is 8.55. The molecule has 1 N–H and O–H groups in total. The number of carbonyl (C=O) groups is 1. The summed E-state index contributed by atoms with van der Waals surface area (Å²) in [5, 5.41) is 3.29. The number of hydrogen-bond donors (Lipinski definition) is 1. The first-order chi connectivity index (χ1) is 16.2. The lowest BCUT2D eigenvalue weighted by Gasteiger charge is -2.20. The predicted octanol–water partition coefficient (Wildman–Crippen LogP) is 5.21. The second-order valence-electron chi connectivity index (χ2n) is 7.38. The van der Waals surface area contributed by atoms with Crippen molar-refractivity contribution in [1.29, 1.82) is 0 Å². The van der Waals surface area contributed by atoms with Gasteiger partial charge in [0, 0.05) is 35.4 Å². The van der Waals surface area contributed by atoms with Gasteiger partial charge in [-0.2, -0.15) is 4.31 Å². The SMILES string of the molecule is CCOc1ccc(NC(=O)c2ccc(OCC)c(CN(C)S(=O)(=O)c3ccc(Cl)cc3)c2)cc1. The van der Waals surface area contributed by atoms with E-state index < -0.39 is 10.0 Å². The zero-order valence-corrected chi connectivity index (χ0v) is 20.8. The first-order valence-corrected chi connectivity index (χ1v) is 12.6. The summed E-state index contributed by atoms with van der Waals surface area (Å²) < 4.78 is 38.3. The minimum absolute atomic E-state index is 0.0183. The molecule has 0 saturated heterocycles. The standard InChI is InChI=1S/C25H27ClN2O5S/c1-4-32-22-11-9-21(10-12-22)27-25(29)18-6-15-24(33-5-2)19(16-18)17-28(3)34(30,31)23-13-7-20(26)8-14-23/h6-16H,4-5,17H2,1-3H3,(H,27,29). The molecule has 34 heavy (non-hydrogen) atoms. The number of benzene rings is 3. The maximum atomic E-state index is 13.0. The van der Waals surface area contributed by atoms with Crippen molar-refractivity contribution in [1.82, 2.24) is 4.31 Å². The maximum Gasteiger partial charge on any atom is 0.255 e. The third kappa shape index (κ3) is 6.28. The van der Waals surface area contributed by atoms with Crippen LogP contribution in [0, 0.1) is 0 Å². The van der Waals surface area contributed by atoms with E-state index in [4.69, 9.17) is 21.1 Å². The van der Waals surface area contributed by atoms with Crippen molar-refractivity contribution < 1.29 is 22.7 Å². The van der Waals surface area contributed by atoms with E-state index in [1.807, 2.05) is 13.8 Å². The number of sulfonamides is 1. The van der Waals surface area contributed by atoms with Crippen LogP contribution in [0.4, 0.5) is 5.69 Å². The lowest BCUT2D eigenvalue weighted by atomic mass is 10.1. The molecule has 0 atom stereocenters. The van der Waals surface area contributed by atoms with E-state index in [9.17, 15) is 13.2 Å². The van der Waals surface area contributed by atoms with Crippen LogP contribution < -0.4 is 14.8 Å². The molecule has 0 bridgehead atoms. The summed E-state index contributed by atoms with van der Waals surface area (Å²) in [6.07, 6.45) is 0. The van der Waals surface area contributed by atoms with Gasteiger partial charge in [-0.1, -0.05) is 11.6 Å². The summed E-state index contributed by atoms with van der Waals surface area (Å²) in [6, 6.07) is 18.0. The Morgan fingerprint density at radius 1 is 0.941 bits per heavy atom. The van der Waals surface area contributed by atoms with Crippen LogP contribution in [0.2, 0.25) is 5.02 Å². The molecule has 0 radical (unpaired) electrons. The molecule has 0 unspecified atom stereocenters. The smallest absolute Gasteiger partial charge is 0.255 e. The van der Waals surface area contributed by atoms with Crippen LogP contribution in [-0.4, -0.2) is 38.9 Å². The third-order valence-electron chi connectivity index (χ3n) is 4.96. The van der Waals surface area contributed by atoms with Gasteiger partial charge in [-0.15, -0.1) is 0 Å². The van der Waals surface area contributed by atoms with Gasteiger partial charge in [-0.3, -0.25) is 4.79 Å². The molecule has 0 fully saturated rings. The number of nitrogens with one attached hydrogen (secondary N) is 1. The van der Waals surface area contributed by atoms with E-state index in [-0.39, 0.29) is 17.3 Å². The van der Waals surface area contributed by atoms with Gasteiger partial charge in [0.05, 0.1) is 18.1 Å². The Morgan fingerprint density at radius 2 is 1.59 bits per heavy atom. The van der Waals surface area contributed by atoms with Crippen molar-refractivity contribution in [3.05, 3.63) is 82.9 Å². The average Bonchev–Trinajstić information content (AvgIpc) is 2.82. The van der Waals surface area contributed by atoms with Crippen LogP contribution in [0.3, 0.4) is 0 Å². The van der Waals surface area contributed by atoms with E-state index in [1.54, 1.807) is 42.5 Å². The predicted molar refractivity (Wildman–Crippen MR) is 133 cm³/mol. The largest absolute Gasteiger partial charge is 0.494 e. The van der Waals surface area contributed by atoms with Gasteiger partial charge < -0.3 is 14.8 Å². The third-order valence-corrected chi connectivity index (χ3v) is 7.03. The average molecular weight is 503 g/mol. The van der Waals surface area contributed by atoms with Gasteiger partial charge in [0.25, 0.3) is 5.91 Å². The van der Waals surface area contributed by atoms with Gasteiger partial charge in [-0.05, 0) is 80.6 Å². The molecule has 3 aromatic rings. The Morgan fingerprint density at radius 3 is 2.21 bits per heavy atom. The quantitative estimate of drug-likeness (QED) is 0.411. The van der Waals surface area contributed by atoms with E-state index in [0.717, 1.165) is 0 Å². The number of nitrogens with zero attached hydrogens (tertiary/aromatic N) is 1. The van der Waals surface area contributed by atoms with Crippen molar-refractivity contribution in [2.75, 3.05) is 25.6 Å². The fourth-order valence-electron chi connectivity index (χ4n) is 3.26. The number of hydrogen-bond acceptors (Lipinski definition) is 5. The summed E-state index contributed by atoms with van der Waals surface area (Å²) in [6.45, 7) is 4.72. The molecule has 0 aromatic heterocycles. The Hall–Kier alpha value is -3.07. The van der Waals surface area contributed by atoms with E-state index in [2.05, 4.69) is 5.32 Å². The zero-order chi connectivity index (χ0) is 24.7. The molecule has 0 aliphatic carbocycles. The van der Waals surface area contributed by atoms with Crippen molar-refractivity contribution in [3.8, 4) is 11.5 Å². The molecule has 3 aromatic carbocycles. The second-order valence-corrected chi connectivity index (χ2v) is 9.86. The number of rotatable bonds is 10. The maximum absolute atomic E-state index is 13.0. The molecule has 7 nitrogen and oxygen atoms in total. The molecule has 0 spiro atoms. The Bertz CT molecular complexity index is 1230. The van der Waals surface area contributed by atoms with Crippen molar-refractivity contribution in [2.45, 2.75) is 25.3 Å². The first-order valence-electron chi connectivity index (χ1n) is 10.8. The van der Waals surface area contributed by atoms with E-state index in [1.165, 1.54) is 35.6 Å². The highest BCUT2D eigenvalue weighted by molar-refractivity contribution is 7.89. The number of halogens is 1. The first kappa shape index (κ1) is 25.6. The highest BCUT2D eigenvalue weighted by atomic mass is 35.5. The molecule has 0 aliphatic rings. The molecule has 0 heterocycles. The number of carbonyl (C=O) groups excluding carboxylic acids is 1. The summed E-state index contributed by atoms with van der Waals surface area (Å²) in [4.78, 5) is 13.0. The lowest BCUT2D eigenvalue weighted by molar-refractivity contribution is 0.102. The lowest BCUT2D eigenvalue weighted by Crippen LogP contribution is -2.27. The number of amides is 1. The van der Waals surface area contributed by atoms with E-state index >= 15 is 0 Å². The van der Waals surface area contributed by atoms with Gasteiger partial charge in [-0.25, -0.2) is 8.42 Å². The molecule has 180 valence electrons. The topological polar surface area (TPSA) is 84.9 Å². The van der Waals surface area contributed by atoms with Crippen molar-refractivity contribution >= 4 is 33.2 Å². The molecular weight excluding hydrogens is 476 g/mol. The molecule has 3 rings (SSSR count).